The summed E-state index contributed by atoms with van der Waals surface area (Å²) < 4.78 is 9.39. The van der Waals surface area contributed by atoms with Crippen LogP contribution < -0.4 is 35.3 Å². The van der Waals surface area contributed by atoms with Gasteiger partial charge in [0.2, 0.25) is 0 Å². The van der Waals surface area contributed by atoms with Gasteiger partial charge in [0.05, 0.1) is 22.4 Å². The van der Waals surface area contributed by atoms with Gasteiger partial charge in [0.25, 0.3) is 0 Å². The first-order chi connectivity index (χ1) is 37.5. The van der Waals surface area contributed by atoms with E-state index in [0.29, 0.717) is 6.67 Å². The summed E-state index contributed by atoms with van der Waals surface area (Å²) in [6.45, 7) is 21.3. The molecule has 11 aromatic rings. The molecular weight excluding hydrogens is 965 g/mol. The number of aromatic nitrogens is 2. The normalized spacial score (nSPS) is 13.1. The molecule has 9 aromatic carbocycles. The predicted molar refractivity (Wildman–Crippen MR) is 332 cm³/mol. The quantitative estimate of drug-likeness (QED) is 0.101. The van der Waals surface area contributed by atoms with Crippen LogP contribution in [-0.4, -0.2) is 24.3 Å². The predicted octanol–water partition coefficient (Wildman–Crippen LogP) is 16.2. The Morgan fingerprint density at radius 2 is 0.923 bits per heavy atom. The number of ether oxygens (including phenoxy) is 1. The number of anilines is 4. The minimum absolute atomic E-state index is 0.0242. The molecule has 2 aromatic heterocycles. The Labute approximate surface area is 462 Å². The highest BCUT2D eigenvalue weighted by Gasteiger charge is 2.42. The topological polar surface area (TPSA) is 33.5 Å². The zero-order chi connectivity index (χ0) is 54.0. The molecule has 0 radical (unpaired) electrons. The van der Waals surface area contributed by atoms with Crippen molar-refractivity contribution in [3.63, 3.8) is 0 Å². The maximum absolute atomic E-state index is 7.02. The summed E-state index contributed by atoms with van der Waals surface area (Å²) in [6, 6.07) is 85.0. The molecule has 1 aliphatic heterocycles. The third kappa shape index (κ3) is 9.18. The van der Waals surface area contributed by atoms with Gasteiger partial charge in [-0.2, -0.15) is 0 Å². The van der Waals surface area contributed by atoms with Gasteiger partial charge in [0.15, 0.2) is 8.07 Å². The molecule has 0 saturated carbocycles. The average molecular weight is 1030 g/mol. The van der Waals surface area contributed by atoms with E-state index in [1.807, 2.05) is 6.20 Å². The number of hydrogen-bond donors (Lipinski definition) is 0. The molecule has 0 fully saturated rings. The van der Waals surface area contributed by atoms with Crippen LogP contribution in [0.15, 0.2) is 237 Å². The smallest absolute Gasteiger partial charge is 0.179 e. The molecule has 0 saturated heterocycles. The third-order valence-corrected chi connectivity index (χ3v) is 20.7. The molecule has 0 bridgehead atoms. The Bertz CT molecular complexity index is 3850. The van der Waals surface area contributed by atoms with Crippen molar-refractivity contribution in [2.24, 2.45) is 0 Å². The number of nitrogens with zero attached hydrogens (tertiary/aromatic N) is 4. The molecule has 1 aliphatic rings. The molecule has 0 spiro atoms. The molecule has 0 atom stereocenters. The van der Waals surface area contributed by atoms with Crippen molar-refractivity contribution in [3.05, 3.63) is 253 Å². The van der Waals surface area contributed by atoms with E-state index in [0.717, 1.165) is 50.5 Å². The Kier molecular flexibility index (Phi) is 12.6. The van der Waals surface area contributed by atoms with Gasteiger partial charge in [-0.3, -0.25) is 4.57 Å². The Morgan fingerprint density at radius 3 is 1.51 bits per heavy atom. The van der Waals surface area contributed by atoms with Crippen molar-refractivity contribution in [2.45, 2.75) is 78.6 Å². The van der Waals surface area contributed by atoms with Crippen LogP contribution in [-0.2, 0) is 16.2 Å². The second-order valence-electron chi connectivity index (χ2n) is 24.2. The first-order valence-corrected chi connectivity index (χ1v) is 29.4. The first kappa shape index (κ1) is 50.4. The van der Waals surface area contributed by atoms with Crippen LogP contribution in [0.3, 0.4) is 0 Å². The van der Waals surface area contributed by atoms with Crippen LogP contribution in [0, 0.1) is 0 Å². The Balaban J connectivity index is 0.984. The molecule has 0 N–H and O–H groups in total. The van der Waals surface area contributed by atoms with E-state index in [9.17, 15) is 0 Å². The van der Waals surface area contributed by atoms with Crippen LogP contribution in [0.5, 0.6) is 11.5 Å². The number of fused-ring (bicyclic) bond motifs is 4. The van der Waals surface area contributed by atoms with Gasteiger partial charge in [-0.25, -0.2) is 4.98 Å². The molecule has 78 heavy (non-hydrogen) atoms. The van der Waals surface area contributed by atoms with Gasteiger partial charge in [-0.1, -0.05) is 214 Å². The SMILES string of the molecule is CC(C)(C)c1cc(N2CN(c3cccc(Oc4ccc5c6ccc([Si](c7ccccc7)(c7ccccc7)c7ccccc7)cc6n(-c6cc(C(C)(C)C)ccn6)c5c4)c3)c3ccc(-c4ccccc4)cc32)cc(C(C)(C)C)c1. The summed E-state index contributed by atoms with van der Waals surface area (Å²) in [5.74, 6) is 2.39. The molecule has 0 unspecified atom stereocenters. The Hall–Kier alpha value is -8.45. The van der Waals surface area contributed by atoms with E-state index in [2.05, 4.69) is 307 Å². The maximum atomic E-state index is 7.02. The summed E-state index contributed by atoms with van der Waals surface area (Å²) in [7, 11) is -2.86. The maximum Gasteiger partial charge on any atom is 0.179 e. The summed E-state index contributed by atoms with van der Waals surface area (Å²) in [5.41, 5.74) is 12.9. The van der Waals surface area contributed by atoms with Crippen molar-refractivity contribution in [1.29, 1.82) is 0 Å². The minimum atomic E-state index is -2.86. The largest absolute Gasteiger partial charge is 0.457 e. The number of benzene rings is 9. The number of hydrogen-bond acceptors (Lipinski definition) is 4. The fourth-order valence-electron chi connectivity index (χ4n) is 11.6. The first-order valence-electron chi connectivity index (χ1n) is 27.4. The lowest BCUT2D eigenvalue weighted by Gasteiger charge is -2.34. The summed E-state index contributed by atoms with van der Waals surface area (Å²) in [5, 5.41) is 7.61. The van der Waals surface area contributed by atoms with Gasteiger partial charge in [-0.05, 0) is 132 Å². The molecular formula is C72H68N4OSi. The van der Waals surface area contributed by atoms with E-state index >= 15 is 0 Å². The third-order valence-electron chi connectivity index (χ3n) is 15.9. The van der Waals surface area contributed by atoms with Crippen molar-refractivity contribution in [1.82, 2.24) is 9.55 Å². The van der Waals surface area contributed by atoms with Gasteiger partial charge < -0.3 is 14.5 Å². The fraction of sp³-hybridized carbons (Fsp3) is 0.181. The van der Waals surface area contributed by atoms with Gasteiger partial charge in [0, 0.05) is 40.5 Å². The van der Waals surface area contributed by atoms with Crippen molar-refractivity contribution < 1.29 is 4.74 Å². The van der Waals surface area contributed by atoms with Crippen LogP contribution in [0.4, 0.5) is 22.7 Å². The highest BCUT2D eigenvalue weighted by Crippen LogP contribution is 2.48. The fourth-order valence-corrected chi connectivity index (χ4v) is 16.4. The van der Waals surface area contributed by atoms with Crippen LogP contribution >= 0.6 is 0 Å². The molecule has 5 nitrogen and oxygen atoms in total. The lowest BCUT2D eigenvalue weighted by Crippen LogP contribution is -2.74. The van der Waals surface area contributed by atoms with Gasteiger partial charge in [-0.15, -0.1) is 0 Å². The van der Waals surface area contributed by atoms with E-state index in [-0.39, 0.29) is 16.2 Å². The van der Waals surface area contributed by atoms with Crippen molar-refractivity contribution in [3.8, 4) is 28.4 Å². The van der Waals surface area contributed by atoms with E-state index < -0.39 is 8.07 Å². The van der Waals surface area contributed by atoms with E-state index in [1.54, 1.807) is 0 Å². The highest BCUT2D eigenvalue weighted by atomic mass is 28.3. The zero-order valence-electron chi connectivity index (χ0n) is 46.4. The van der Waals surface area contributed by atoms with Gasteiger partial charge in [0.1, 0.15) is 24.0 Å². The number of rotatable bonds is 10. The zero-order valence-corrected chi connectivity index (χ0v) is 47.4. The van der Waals surface area contributed by atoms with Crippen LogP contribution in [0.25, 0.3) is 38.8 Å². The van der Waals surface area contributed by atoms with Crippen LogP contribution in [0.2, 0.25) is 0 Å². The Morgan fingerprint density at radius 1 is 0.385 bits per heavy atom. The average Bonchev–Trinajstić information content (AvgIpc) is 4.10. The van der Waals surface area contributed by atoms with Crippen molar-refractivity contribution in [2.75, 3.05) is 16.5 Å². The number of pyridine rings is 1. The molecule has 3 heterocycles. The summed E-state index contributed by atoms with van der Waals surface area (Å²) in [6.07, 6.45) is 1.96. The van der Waals surface area contributed by atoms with Crippen molar-refractivity contribution >= 4 is 73.4 Å². The standard InChI is InChI=1S/C72H68N4OSi/c1-70(2,3)52-39-40-73-69(45-52)76-66-47-58(34-36-63(66)64-37-35-62(48-67(64)76)78(59-27-16-11-17-28-59,60-29-18-12-19-30-60)61-31-20-13-21-32-61)77-57-26-22-25-55(46-57)74-49-75(56-43-53(71(4,5)6)42-54(44-56)72(7,8)9)68-41-51(33-38-65(68)74)50-23-14-10-15-24-50/h10-48H,49H2,1-9H3. The van der Waals surface area contributed by atoms with E-state index in [1.165, 1.54) is 59.9 Å². The molecule has 6 heteroatoms. The van der Waals surface area contributed by atoms with E-state index in [4.69, 9.17) is 9.72 Å². The lowest BCUT2D eigenvalue weighted by atomic mass is 9.80. The molecule has 0 amide bonds. The summed E-state index contributed by atoms with van der Waals surface area (Å²) in [4.78, 5) is 10.1. The molecule has 0 aliphatic carbocycles. The minimum Gasteiger partial charge on any atom is -0.457 e. The molecule has 386 valence electrons. The van der Waals surface area contributed by atoms with Crippen LogP contribution in [0.1, 0.15) is 79.0 Å². The monoisotopic (exact) mass is 1030 g/mol. The second-order valence-corrected chi connectivity index (χ2v) is 28.0. The molecule has 12 rings (SSSR count). The second kappa shape index (κ2) is 19.5. The highest BCUT2D eigenvalue weighted by molar-refractivity contribution is 7.20. The lowest BCUT2D eigenvalue weighted by molar-refractivity contribution is 0.483. The van der Waals surface area contributed by atoms with Gasteiger partial charge >= 0.3 is 0 Å². The summed E-state index contributed by atoms with van der Waals surface area (Å²) >= 11 is 0.